The van der Waals surface area contributed by atoms with E-state index in [1.807, 2.05) is 0 Å². The lowest BCUT2D eigenvalue weighted by molar-refractivity contribution is 0.195. The number of rotatable bonds is 5. The summed E-state index contributed by atoms with van der Waals surface area (Å²) in [5, 5.41) is 0. The summed E-state index contributed by atoms with van der Waals surface area (Å²) in [6.07, 6.45) is 9.73. The smallest absolute Gasteiger partial charge is 0.252 e. The SMILES string of the molecule is CC(C)(C)c1ccc(N(c2ccc(C(C)(C)C)cc2)c2cc3c4c(c2)N2c5c(cccc5C5(C)CCCCC25C)B4c2ccc(N4c5ccccc5C5(C)CCCCC45C)cc2N3c2ccc(C(C)(C)C)cc2)cc1. The molecule has 7 aromatic carbocycles. The van der Waals surface area contributed by atoms with Crippen molar-refractivity contribution in [3.05, 3.63) is 173 Å². The van der Waals surface area contributed by atoms with E-state index in [1.165, 1.54) is 140 Å². The van der Waals surface area contributed by atoms with Crippen molar-refractivity contribution in [1.29, 1.82) is 0 Å². The third-order valence-corrected chi connectivity index (χ3v) is 20.4. The van der Waals surface area contributed by atoms with Crippen LogP contribution in [0.3, 0.4) is 0 Å². The lowest BCUT2D eigenvalue weighted by Gasteiger charge is -2.53. The van der Waals surface area contributed by atoms with E-state index in [0.29, 0.717) is 0 Å². The highest BCUT2D eigenvalue weighted by Crippen LogP contribution is 2.64. The van der Waals surface area contributed by atoms with Crippen molar-refractivity contribution in [2.75, 3.05) is 19.6 Å². The minimum atomic E-state index is -0.108. The molecule has 2 saturated carbocycles. The molecule has 7 aromatic rings. The second-order valence-electron chi connectivity index (χ2n) is 27.7. The van der Waals surface area contributed by atoms with Crippen molar-refractivity contribution in [1.82, 2.24) is 0 Å². The molecule has 0 aromatic heterocycles. The van der Waals surface area contributed by atoms with Crippen LogP contribution in [-0.2, 0) is 27.1 Å². The van der Waals surface area contributed by atoms with E-state index < -0.39 is 0 Å². The highest BCUT2D eigenvalue weighted by atomic mass is 15.3. The van der Waals surface area contributed by atoms with E-state index in [1.54, 1.807) is 0 Å². The molecule has 0 amide bonds. The zero-order valence-corrected chi connectivity index (χ0v) is 47.4. The predicted octanol–water partition coefficient (Wildman–Crippen LogP) is 17.1. The summed E-state index contributed by atoms with van der Waals surface area (Å²) in [5.41, 5.74) is 24.0. The quantitative estimate of drug-likeness (QED) is 0.159. The average Bonchev–Trinajstić information content (AvgIpc) is 3.84. The average molecular weight is 987 g/mol. The Labute approximate surface area is 450 Å². The Balaban J connectivity index is 1.12. The number of anilines is 10. The van der Waals surface area contributed by atoms with E-state index in [2.05, 4.69) is 255 Å². The van der Waals surface area contributed by atoms with E-state index in [4.69, 9.17) is 0 Å². The van der Waals surface area contributed by atoms with Gasteiger partial charge in [0.1, 0.15) is 0 Å². The summed E-state index contributed by atoms with van der Waals surface area (Å²) in [6.45, 7) is 31.3. The van der Waals surface area contributed by atoms with E-state index in [0.717, 1.165) is 12.8 Å². The molecular weight excluding hydrogens is 908 g/mol. The topological polar surface area (TPSA) is 13.0 Å². The maximum Gasteiger partial charge on any atom is 0.252 e. The summed E-state index contributed by atoms with van der Waals surface area (Å²) in [6, 6.07) is 58.1. The van der Waals surface area contributed by atoms with Crippen LogP contribution in [0, 0.1) is 0 Å². The number of hydrogen-bond donors (Lipinski definition) is 0. The maximum absolute atomic E-state index is 2.89. The van der Waals surface area contributed by atoms with Gasteiger partial charge in [0.2, 0.25) is 0 Å². The summed E-state index contributed by atoms with van der Waals surface area (Å²) in [4.78, 5) is 10.9. The molecular formula is C70H79BN4. The number of fused-ring (bicyclic) bond motifs is 10. The molecule has 0 saturated heterocycles. The van der Waals surface area contributed by atoms with Gasteiger partial charge in [-0.25, -0.2) is 0 Å². The number of nitrogens with zero attached hydrogens (tertiary/aromatic N) is 4. The normalized spacial score (nSPS) is 24.3. The van der Waals surface area contributed by atoms with Crippen molar-refractivity contribution < 1.29 is 0 Å². The van der Waals surface area contributed by atoms with E-state index in [9.17, 15) is 0 Å². The third-order valence-electron chi connectivity index (χ3n) is 20.4. The molecule has 2 aliphatic carbocycles. The van der Waals surface area contributed by atoms with Crippen LogP contribution in [0.25, 0.3) is 0 Å². The molecule has 5 heteroatoms. The number of para-hydroxylation sites is 2. The zero-order chi connectivity index (χ0) is 52.4. The van der Waals surface area contributed by atoms with Crippen molar-refractivity contribution in [2.24, 2.45) is 0 Å². The van der Waals surface area contributed by atoms with Gasteiger partial charge in [-0.15, -0.1) is 0 Å². The van der Waals surface area contributed by atoms with Gasteiger partial charge in [-0.2, -0.15) is 0 Å². The fraction of sp³-hybridized carbons (Fsp3) is 0.400. The monoisotopic (exact) mass is 987 g/mol. The molecule has 0 N–H and O–H groups in total. The number of hydrogen-bond acceptors (Lipinski definition) is 4. The van der Waals surface area contributed by atoms with Crippen LogP contribution in [0.1, 0.15) is 169 Å². The molecule has 13 rings (SSSR count). The van der Waals surface area contributed by atoms with Crippen molar-refractivity contribution >= 4 is 80.0 Å². The summed E-state index contributed by atoms with van der Waals surface area (Å²) < 4.78 is 0. The van der Waals surface area contributed by atoms with Gasteiger partial charge in [0, 0.05) is 62.0 Å². The van der Waals surface area contributed by atoms with Crippen LogP contribution >= 0.6 is 0 Å². The Morgan fingerprint density at radius 1 is 0.413 bits per heavy atom. The summed E-state index contributed by atoms with van der Waals surface area (Å²) >= 11 is 0. The predicted molar refractivity (Wildman–Crippen MR) is 322 cm³/mol. The first-order chi connectivity index (χ1) is 35.6. The van der Waals surface area contributed by atoms with Gasteiger partial charge < -0.3 is 19.6 Å². The first-order valence-corrected chi connectivity index (χ1v) is 28.6. The molecule has 75 heavy (non-hydrogen) atoms. The van der Waals surface area contributed by atoms with Crippen LogP contribution in [0.5, 0.6) is 0 Å². The first kappa shape index (κ1) is 48.4. The standard InChI is InChI=1S/C70H79BN4/c1-64(2,3)46-25-31-49(32-26-46)72(50-33-27-47(28-34-50)65(4,5)6)53-44-60-62-61(45-53)75-63-55(68(11)40-17-19-42-70(68,75)13)22-20-23-57(63)71(62)56-38-37-52(43-59(56)73(60)51-35-29-48(30-36-51)66(7,8)9)74-58-24-15-14-21-54(58)67(10)39-16-18-41-69(67,74)12/h14-15,20-38,43-45H,16-19,39-42H2,1-13H3. The minimum Gasteiger partial charge on any atom is -0.335 e. The van der Waals surface area contributed by atoms with Crippen molar-refractivity contribution in [2.45, 2.75) is 180 Å². The Bertz CT molecular complexity index is 3370. The van der Waals surface area contributed by atoms with E-state index in [-0.39, 0.29) is 44.9 Å². The molecule has 4 nitrogen and oxygen atoms in total. The van der Waals surface area contributed by atoms with Crippen LogP contribution in [0.2, 0.25) is 0 Å². The van der Waals surface area contributed by atoms with Gasteiger partial charge in [0.05, 0.1) is 16.8 Å². The Morgan fingerprint density at radius 3 is 1.49 bits per heavy atom. The minimum absolute atomic E-state index is 0.00136. The third kappa shape index (κ3) is 6.80. The van der Waals surface area contributed by atoms with Crippen LogP contribution in [-0.4, -0.2) is 17.8 Å². The fourth-order valence-electron chi connectivity index (χ4n) is 15.7. The Morgan fingerprint density at radius 2 is 0.907 bits per heavy atom. The maximum atomic E-state index is 2.89. The van der Waals surface area contributed by atoms with Crippen LogP contribution in [0.15, 0.2) is 146 Å². The lowest BCUT2D eigenvalue weighted by Crippen LogP contribution is -2.64. The highest BCUT2D eigenvalue weighted by molar-refractivity contribution is 7.00. The Kier molecular flexibility index (Phi) is 10.4. The van der Waals surface area contributed by atoms with Gasteiger partial charge in [-0.1, -0.05) is 181 Å². The fourth-order valence-corrected chi connectivity index (χ4v) is 15.7. The van der Waals surface area contributed by atoms with Crippen molar-refractivity contribution in [3.8, 4) is 0 Å². The van der Waals surface area contributed by atoms with Crippen LogP contribution < -0.4 is 36.0 Å². The Hall–Kier alpha value is -6.20. The summed E-state index contributed by atoms with van der Waals surface area (Å²) in [5.74, 6) is 0. The molecule has 4 atom stereocenters. The summed E-state index contributed by atoms with van der Waals surface area (Å²) in [7, 11) is 0. The van der Waals surface area contributed by atoms with Crippen molar-refractivity contribution in [3.63, 3.8) is 0 Å². The van der Waals surface area contributed by atoms with Gasteiger partial charge in [0.25, 0.3) is 6.71 Å². The molecule has 0 radical (unpaired) electrons. The van der Waals surface area contributed by atoms with E-state index >= 15 is 0 Å². The highest BCUT2D eigenvalue weighted by Gasteiger charge is 2.62. The van der Waals surface area contributed by atoms with Gasteiger partial charge in [-0.3, -0.25) is 0 Å². The second-order valence-corrected chi connectivity index (χ2v) is 27.7. The van der Waals surface area contributed by atoms with Gasteiger partial charge in [-0.05, 0) is 167 Å². The number of benzene rings is 7. The van der Waals surface area contributed by atoms with Gasteiger partial charge in [0.15, 0.2) is 0 Å². The molecule has 4 unspecified atom stereocenters. The molecule has 6 aliphatic rings. The lowest BCUT2D eigenvalue weighted by atomic mass is 9.33. The molecule has 2 fully saturated rings. The zero-order valence-electron chi connectivity index (χ0n) is 47.4. The molecule has 0 bridgehead atoms. The largest absolute Gasteiger partial charge is 0.335 e. The second kappa shape index (κ2) is 16.2. The molecule has 4 aliphatic heterocycles. The molecule has 4 heterocycles. The molecule has 382 valence electrons. The molecule has 0 spiro atoms. The first-order valence-electron chi connectivity index (χ1n) is 28.6. The van der Waals surface area contributed by atoms with Gasteiger partial charge >= 0.3 is 0 Å². The van der Waals surface area contributed by atoms with Crippen LogP contribution in [0.4, 0.5) is 56.9 Å².